The minimum Gasteiger partial charge on any atom is -0.491 e. The molecule has 1 N–H and O–H groups in total. The smallest absolute Gasteiger partial charge is 0.244 e. The number of ether oxygens (including phenoxy) is 1. The van der Waals surface area contributed by atoms with Crippen molar-refractivity contribution in [1.82, 2.24) is 10.2 Å². The summed E-state index contributed by atoms with van der Waals surface area (Å²) in [7, 11) is 0. The fourth-order valence-corrected chi connectivity index (χ4v) is 3.75. The van der Waals surface area contributed by atoms with E-state index in [-0.39, 0.29) is 18.0 Å². The zero-order valence-electron chi connectivity index (χ0n) is 14.4. The van der Waals surface area contributed by atoms with Gasteiger partial charge in [-0.2, -0.15) is 0 Å². The molecule has 4 heteroatoms. The van der Waals surface area contributed by atoms with Crippen LogP contribution in [0.25, 0.3) is 0 Å². The second-order valence-corrected chi connectivity index (χ2v) is 6.80. The van der Waals surface area contributed by atoms with Crippen LogP contribution >= 0.6 is 0 Å². The second-order valence-electron chi connectivity index (χ2n) is 6.80. The fraction of sp³-hybridized carbons (Fsp3) is 0.381. The van der Waals surface area contributed by atoms with E-state index in [0.29, 0.717) is 6.61 Å². The number of hydrogen-bond acceptors (Lipinski definition) is 3. The van der Waals surface area contributed by atoms with E-state index in [1.165, 1.54) is 6.42 Å². The quantitative estimate of drug-likeness (QED) is 0.930. The molecule has 0 spiro atoms. The van der Waals surface area contributed by atoms with Gasteiger partial charge in [-0.25, -0.2) is 0 Å². The summed E-state index contributed by atoms with van der Waals surface area (Å²) in [6.07, 6.45) is 3.42. The van der Waals surface area contributed by atoms with Crippen LogP contribution in [0.2, 0.25) is 0 Å². The van der Waals surface area contributed by atoms with Gasteiger partial charge >= 0.3 is 0 Å². The largest absolute Gasteiger partial charge is 0.491 e. The zero-order valence-corrected chi connectivity index (χ0v) is 14.4. The number of benzene rings is 2. The van der Waals surface area contributed by atoms with E-state index in [1.54, 1.807) is 0 Å². The molecular formula is C21H24N2O2. The van der Waals surface area contributed by atoms with E-state index in [2.05, 4.69) is 11.4 Å². The van der Waals surface area contributed by atoms with Crippen molar-refractivity contribution in [1.29, 1.82) is 0 Å². The average molecular weight is 336 g/mol. The molecule has 130 valence electrons. The first-order valence-corrected chi connectivity index (χ1v) is 9.14. The van der Waals surface area contributed by atoms with Crippen LogP contribution in [0.15, 0.2) is 54.6 Å². The molecule has 1 fully saturated rings. The molecule has 25 heavy (non-hydrogen) atoms. The predicted octanol–water partition coefficient (Wildman–Crippen LogP) is 3.46. The van der Waals surface area contributed by atoms with Gasteiger partial charge in [0.15, 0.2) is 0 Å². The lowest BCUT2D eigenvalue weighted by molar-refractivity contribution is -0.134. The molecule has 0 aromatic heterocycles. The molecule has 0 bridgehead atoms. The Balaban J connectivity index is 1.59. The third kappa shape index (κ3) is 3.40. The fourth-order valence-electron chi connectivity index (χ4n) is 3.75. The number of carbonyl (C=O) groups is 1. The number of amides is 1. The maximum absolute atomic E-state index is 13.2. The Morgan fingerprint density at radius 1 is 1.00 bits per heavy atom. The van der Waals surface area contributed by atoms with E-state index < -0.39 is 0 Å². The van der Waals surface area contributed by atoms with Crippen LogP contribution in [-0.2, 0) is 4.79 Å². The number of para-hydroxylation sites is 1. The molecule has 4 nitrogen and oxygen atoms in total. The molecule has 2 aliphatic rings. The van der Waals surface area contributed by atoms with Gasteiger partial charge in [0, 0.05) is 18.7 Å². The van der Waals surface area contributed by atoms with Crippen LogP contribution in [0, 0.1) is 0 Å². The lowest BCUT2D eigenvalue weighted by Gasteiger charge is -2.32. The van der Waals surface area contributed by atoms with Gasteiger partial charge in [-0.1, -0.05) is 48.5 Å². The summed E-state index contributed by atoms with van der Waals surface area (Å²) in [5, 5.41) is 3.57. The number of rotatable bonds is 4. The van der Waals surface area contributed by atoms with Gasteiger partial charge in [0.2, 0.25) is 5.91 Å². The van der Waals surface area contributed by atoms with Crippen LogP contribution in [-0.4, -0.2) is 30.5 Å². The van der Waals surface area contributed by atoms with Gasteiger partial charge in [0.05, 0.1) is 6.04 Å². The zero-order chi connectivity index (χ0) is 17.1. The molecule has 2 atom stereocenters. The first-order chi connectivity index (χ1) is 12.3. The Labute approximate surface area is 148 Å². The SMILES string of the molecule is O=C([C@H](N[C@@H]1COc2ccccc21)c1ccccc1)N1CCCCC1. The Morgan fingerprint density at radius 3 is 2.52 bits per heavy atom. The topological polar surface area (TPSA) is 41.6 Å². The van der Waals surface area contributed by atoms with Crippen molar-refractivity contribution in [2.45, 2.75) is 31.3 Å². The molecule has 0 saturated carbocycles. The highest BCUT2D eigenvalue weighted by molar-refractivity contribution is 5.83. The highest BCUT2D eigenvalue weighted by atomic mass is 16.5. The number of piperidine rings is 1. The summed E-state index contributed by atoms with van der Waals surface area (Å²) < 4.78 is 5.79. The minimum absolute atomic E-state index is 0.0372. The lowest BCUT2D eigenvalue weighted by atomic mass is 10.0. The number of nitrogens with one attached hydrogen (secondary N) is 1. The van der Waals surface area contributed by atoms with Crippen LogP contribution in [0.1, 0.15) is 42.5 Å². The molecule has 0 radical (unpaired) electrons. The van der Waals surface area contributed by atoms with Gasteiger partial charge in [-0.3, -0.25) is 10.1 Å². The monoisotopic (exact) mass is 336 g/mol. The van der Waals surface area contributed by atoms with Gasteiger partial charge < -0.3 is 9.64 Å². The second kappa shape index (κ2) is 7.28. The summed E-state index contributed by atoms with van der Waals surface area (Å²) in [6.45, 7) is 2.29. The van der Waals surface area contributed by atoms with Crippen LogP contribution in [0.5, 0.6) is 5.75 Å². The number of nitrogens with zero attached hydrogens (tertiary/aromatic N) is 1. The highest BCUT2D eigenvalue weighted by Gasteiger charge is 2.32. The van der Waals surface area contributed by atoms with E-state index in [1.807, 2.05) is 53.4 Å². The van der Waals surface area contributed by atoms with E-state index in [4.69, 9.17) is 4.74 Å². The predicted molar refractivity (Wildman–Crippen MR) is 97.4 cm³/mol. The molecule has 4 rings (SSSR count). The standard InChI is InChI=1S/C21H24N2O2/c24-21(23-13-7-2-8-14-23)20(16-9-3-1-4-10-16)22-18-15-25-19-12-6-5-11-17(18)19/h1,3-6,9-12,18,20,22H,2,7-8,13-15H2/t18-,20-/m1/s1. The van der Waals surface area contributed by atoms with Crippen LogP contribution in [0.4, 0.5) is 0 Å². The molecule has 2 aromatic carbocycles. The van der Waals surface area contributed by atoms with Crippen LogP contribution < -0.4 is 10.1 Å². The summed E-state index contributed by atoms with van der Waals surface area (Å²) in [6, 6.07) is 17.8. The van der Waals surface area contributed by atoms with Gasteiger partial charge in [-0.05, 0) is 30.9 Å². The lowest BCUT2D eigenvalue weighted by Crippen LogP contribution is -2.44. The number of likely N-dealkylation sites (tertiary alicyclic amines) is 1. The Hall–Kier alpha value is -2.33. The molecule has 0 unspecified atom stereocenters. The average Bonchev–Trinajstić information content (AvgIpc) is 3.10. The molecule has 1 saturated heterocycles. The maximum Gasteiger partial charge on any atom is 0.244 e. The van der Waals surface area contributed by atoms with Gasteiger partial charge in [0.1, 0.15) is 18.4 Å². The normalized spacial score (nSPS) is 20.6. The molecule has 0 aliphatic carbocycles. The van der Waals surface area contributed by atoms with E-state index in [0.717, 1.165) is 42.8 Å². The van der Waals surface area contributed by atoms with Crippen molar-refractivity contribution in [2.75, 3.05) is 19.7 Å². The van der Waals surface area contributed by atoms with Crippen molar-refractivity contribution in [3.05, 3.63) is 65.7 Å². The maximum atomic E-state index is 13.2. The summed E-state index contributed by atoms with van der Waals surface area (Å²) in [4.78, 5) is 15.2. The first kappa shape index (κ1) is 16.2. The molecule has 2 aliphatic heterocycles. The highest BCUT2D eigenvalue weighted by Crippen LogP contribution is 2.34. The van der Waals surface area contributed by atoms with Crippen LogP contribution in [0.3, 0.4) is 0 Å². The Kier molecular flexibility index (Phi) is 4.70. The summed E-state index contributed by atoms with van der Waals surface area (Å²) >= 11 is 0. The summed E-state index contributed by atoms with van der Waals surface area (Å²) in [5.74, 6) is 1.09. The van der Waals surface area contributed by atoms with Crippen molar-refractivity contribution < 1.29 is 9.53 Å². The Morgan fingerprint density at radius 2 is 1.72 bits per heavy atom. The van der Waals surface area contributed by atoms with Gasteiger partial charge in [0.25, 0.3) is 0 Å². The van der Waals surface area contributed by atoms with E-state index in [9.17, 15) is 4.79 Å². The molecule has 2 heterocycles. The summed E-state index contributed by atoms with van der Waals surface area (Å²) in [5.41, 5.74) is 2.15. The molecule has 2 aromatic rings. The van der Waals surface area contributed by atoms with Crippen molar-refractivity contribution in [2.24, 2.45) is 0 Å². The minimum atomic E-state index is -0.334. The van der Waals surface area contributed by atoms with Crippen molar-refractivity contribution in [3.63, 3.8) is 0 Å². The van der Waals surface area contributed by atoms with E-state index >= 15 is 0 Å². The van der Waals surface area contributed by atoms with Gasteiger partial charge in [-0.15, -0.1) is 0 Å². The third-order valence-electron chi connectivity index (χ3n) is 5.12. The first-order valence-electron chi connectivity index (χ1n) is 9.14. The third-order valence-corrected chi connectivity index (χ3v) is 5.12. The number of carbonyl (C=O) groups excluding carboxylic acids is 1. The number of hydrogen-bond donors (Lipinski definition) is 1. The Bertz CT molecular complexity index is 726. The van der Waals surface area contributed by atoms with Crippen molar-refractivity contribution >= 4 is 5.91 Å². The molecule has 1 amide bonds. The molecular weight excluding hydrogens is 312 g/mol. The number of fused-ring (bicyclic) bond motifs is 1. The van der Waals surface area contributed by atoms with Crippen molar-refractivity contribution in [3.8, 4) is 5.75 Å².